The maximum atomic E-state index is 12.9. The van der Waals surface area contributed by atoms with Crippen molar-refractivity contribution in [2.75, 3.05) is 11.9 Å². The van der Waals surface area contributed by atoms with Crippen molar-refractivity contribution in [2.24, 2.45) is 0 Å². The molecule has 3 aromatic rings. The maximum absolute atomic E-state index is 12.9. The summed E-state index contributed by atoms with van der Waals surface area (Å²) < 4.78 is 0. The van der Waals surface area contributed by atoms with E-state index in [1.807, 2.05) is 31.2 Å². The molecular weight excluding hydrogens is 344 g/mol. The third-order valence-corrected chi connectivity index (χ3v) is 5.42. The molecule has 1 aliphatic carbocycles. The van der Waals surface area contributed by atoms with Gasteiger partial charge in [0.15, 0.2) is 11.5 Å². The number of amides is 1. The molecule has 6 heteroatoms. The molecule has 27 heavy (non-hydrogen) atoms. The van der Waals surface area contributed by atoms with E-state index in [2.05, 4.69) is 10.3 Å². The maximum Gasteiger partial charge on any atom is 0.235 e. The molecule has 140 valence electrons. The standard InChI is InChI=1S/C21H22N2O4/c1-12(11-24)17-9-13-8-15(3-4-16(13)23-17)22-20(27)21(6-7-21)14-2-5-18(25)19(26)10-14/h2-5,8-10,12,23-26H,6-7,11H2,1H3,(H,22,27). The minimum atomic E-state index is -0.658. The van der Waals surface area contributed by atoms with Crippen molar-refractivity contribution in [3.63, 3.8) is 0 Å². The van der Waals surface area contributed by atoms with Gasteiger partial charge in [-0.05, 0) is 54.8 Å². The fraction of sp³-hybridized carbons (Fsp3) is 0.286. The Hall–Kier alpha value is -2.99. The first-order chi connectivity index (χ1) is 12.9. The Labute approximate surface area is 156 Å². The van der Waals surface area contributed by atoms with E-state index in [9.17, 15) is 20.1 Å². The Bertz CT molecular complexity index is 1020. The highest BCUT2D eigenvalue weighted by Crippen LogP contribution is 2.50. The van der Waals surface area contributed by atoms with Gasteiger partial charge >= 0.3 is 0 Å². The average Bonchev–Trinajstić information content (AvgIpc) is 3.37. The molecule has 1 aliphatic rings. The van der Waals surface area contributed by atoms with Crippen molar-refractivity contribution in [1.82, 2.24) is 4.98 Å². The number of carbonyl (C=O) groups excluding carboxylic acids is 1. The zero-order valence-corrected chi connectivity index (χ0v) is 15.0. The number of fused-ring (bicyclic) bond motifs is 1. The third-order valence-electron chi connectivity index (χ3n) is 5.42. The molecule has 2 aromatic carbocycles. The Kier molecular flexibility index (Phi) is 4.08. The number of aliphatic hydroxyl groups is 1. The first-order valence-corrected chi connectivity index (χ1v) is 9.00. The molecule has 0 radical (unpaired) electrons. The number of benzene rings is 2. The molecule has 0 saturated heterocycles. The fourth-order valence-corrected chi connectivity index (χ4v) is 3.44. The van der Waals surface area contributed by atoms with Gasteiger partial charge in [0.1, 0.15) is 0 Å². The summed E-state index contributed by atoms with van der Waals surface area (Å²) in [5.41, 5.74) is 2.65. The number of anilines is 1. The zero-order valence-electron chi connectivity index (χ0n) is 15.0. The first-order valence-electron chi connectivity index (χ1n) is 9.00. The van der Waals surface area contributed by atoms with E-state index in [-0.39, 0.29) is 29.9 Å². The largest absolute Gasteiger partial charge is 0.504 e. The number of rotatable bonds is 5. The Morgan fingerprint density at radius 3 is 2.59 bits per heavy atom. The van der Waals surface area contributed by atoms with E-state index >= 15 is 0 Å². The SMILES string of the molecule is CC(CO)c1cc2cc(NC(=O)C3(c4ccc(O)c(O)c4)CC3)ccc2[nH]1. The third kappa shape index (κ3) is 3.02. The number of carbonyl (C=O) groups is 1. The van der Waals surface area contributed by atoms with Gasteiger partial charge in [0.25, 0.3) is 0 Å². The monoisotopic (exact) mass is 366 g/mol. The van der Waals surface area contributed by atoms with Crippen molar-refractivity contribution >= 4 is 22.5 Å². The Balaban J connectivity index is 1.58. The smallest absolute Gasteiger partial charge is 0.235 e. The van der Waals surface area contributed by atoms with Gasteiger partial charge < -0.3 is 25.6 Å². The average molecular weight is 366 g/mol. The molecule has 1 unspecified atom stereocenters. The van der Waals surface area contributed by atoms with Crippen LogP contribution in [-0.2, 0) is 10.2 Å². The highest BCUT2D eigenvalue weighted by Gasteiger charge is 2.51. The topological polar surface area (TPSA) is 106 Å². The van der Waals surface area contributed by atoms with E-state index in [4.69, 9.17) is 0 Å². The van der Waals surface area contributed by atoms with Crippen LogP contribution < -0.4 is 5.32 Å². The highest BCUT2D eigenvalue weighted by atomic mass is 16.3. The highest BCUT2D eigenvalue weighted by molar-refractivity contribution is 6.02. The van der Waals surface area contributed by atoms with Crippen LogP contribution in [-0.4, -0.2) is 32.8 Å². The molecule has 1 atom stereocenters. The number of hydrogen-bond donors (Lipinski definition) is 5. The number of aromatic hydroxyl groups is 2. The normalized spacial score (nSPS) is 16.2. The zero-order chi connectivity index (χ0) is 19.2. The Morgan fingerprint density at radius 1 is 1.15 bits per heavy atom. The second-order valence-corrected chi connectivity index (χ2v) is 7.35. The summed E-state index contributed by atoms with van der Waals surface area (Å²) in [5, 5.41) is 32.5. The lowest BCUT2D eigenvalue weighted by Gasteiger charge is -2.16. The number of aromatic nitrogens is 1. The fourth-order valence-electron chi connectivity index (χ4n) is 3.44. The van der Waals surface area contributed by atoms with E-state index in [0.29, 0.717) is 24.1 Å². The summed E-state index contributed by atoms with van der Waals surface area (Å²) in [4.78, 5) is 16.2. The number of phenols is 2. The van der Waals surface area contributed by atoms with Crippen LogP contribution in [0, 0.1) is 0 Å². The van der Waals surface area contributed by atoms with Crippen LogP contribution in [0.5, 0.6) is 11.5 Å². The summed E-state index contributed by atoms with van der Waals surface area (Å²) in [6, 6.07) is 12.2. The molecular formula is C21H22N2O4. The van der Waals surface area contributed by atoms with Crippen molar-refractivity contribution in [3.05, 3.63) is 53.7 Å². The van der Waals surface area contributed by atoms with Gasteiger partial charge in [-0.25, -0.2) is 0 Å². The van der Waals surface area contributed by atoms with Gasteiger partial charge in [0.05, 0.1) is 12.0 Å². The van der Waals surface area contributed by atoms with Crippen LogP contribution in [0.15, 0.2) is 42.5 Å². The van der Waals surface area contributed by atoms with Crippen LogP contribution in [0.3, 0.4) is 0 Å². The minimum Gasteiger partial charge on any atom is -0.504 e. The summed E-state index contributed by atoms with van der Waals surface area (Å²) >= 11 is 0. The van der Waals surface area contributed by atoms with Gasteiger partial charge in [0.2, 0.25) is 5.91 Å². The molecule has 0 aliphatic heterocycles. The van der Waals surface area contributed by atoms with Gasteiger partial charge in [-0.2, -0.15) is 0 Å². The quantitative estimate of drug-likeness (QED) is 0.447. The van der Waals surface area contributed by atoms with E-state index in [1.54, 1.807) is 6.07 Å². The van der Waals surface area contributed by atoms with Crippen molar-refractivity contribution in [3.8, 4) is 11.5 Å². The molecule has 0 spiro atoms. The summed E-state index contributed by atoms with van der Waals surface area (Å²) in [7, 11) is 0. The second kappa shape index (κ2) is 6.32. The molecule has 4 rings (SSSR count). The summed E-state index contributed by atoms with van der Waals surface area (Å²) in [6.07, 6.45) is 1.40. The van der Waals surface area contributed by atoms with Gasteiger partial charge in [-0.3, -0.25) is 4.79 Å². The minimum absolute atomic E-state index is 0.0207. The van der Waals surface area contributed by atoms with Gasteiger partial charge in [0, 0.05) is 28.2 Å². The molecule has 1 fully saturated rings. The van der Waals surface area contributed by atoms with Gasteiger partial charge in [-0.15, -0.1) is 0 Å². The van der Waals surface area contributed by atoms with Crippen molar-refractivity contribution < 1.29 is 20.1 Å². The van der Waals surface area contributed by atoms with Crippen LogP contribution >= 0.6 is 0 Å². The van der Waals surface area contributed by atoms with Crippen molar-refractivity contribution in [1.29, 1.82) is 0 Å². The molecule has 5 N–H and O–H groups in total. The number of hydrogen-bond acceptors (Lipinski definition) is 4. The molecule has 0 bridgehead atoms. The van der Waals surface area contributed by atoms with E-state index in [0.717, 1.165) is 16.6 Å². The predicted octanol–water partition coefficient (Wildman–Crippen LogP) is 3.35. The number of nitrogens with one attached hydrogen (secondary N) is 2. The first kappa shape index (κ1) is 17.4. The van der Waals surface area contributed by atoms with Crippen LogP contribution in [0.2, 0.25) is 0 Å². The number of aliphatic hydroxyl groups excluding tert-OH is 1. The summed E-state index contributed by atoms with van der Waals surface area (Å²) in [5.74, 6) is -0.509. The number of aromatic amines is 1. The lowest BCUT2D eigenvalue weighted by Crippen LogP contribution is -2.27. The lowest BCUT2D eigenvalue weighted by atomic mass is 9.94. The molecule has 1 saturated carbocycles. The second-order valence-electron chi connectivity index (χ2n) is 7.35. The van der Waals surface area contributed by atoms with Crippen LogP contribution in [0.4, 0.5) is 5.69 Å². The summed E-state index contributed by atoms with van der Waals surface area (Å²) in [6.45, 7) is 2.01. The van der Waals surface area contributed by atoms with Crippen LogP contribution in [0.1, 0.15) is 36.9 Å². The Morgan fingerprint density at radius 2 is 1.93 bits per heavy atom. The van der Waals surface area contributed by atoms with Crippen molar-refractivity contribution in [2.45, 2.75) is 31.1 Å². The molecule has 6 nitrogen and oxygen atoms in total. The molecule has 1 amide bonds. The number of H-pyrrole nitrogens is 1. The number of phenolic OH excluding ortho intramolecular Hbond substituents is 2. The molecule has 1 aromatic heterocycles. The predicted molar refractivity (Wildman–Crippen MR) is 103 cm³/mol. The van der Waals surface area contributed by atoms with E-state index in [1.165, 1.54) is 12.1 Å². The molecule has 1 heterocycles. The van der Waals surface area contributed by atoms with Crippen LogP contribution in [0.25, 0.3) is 10.9 Å². The van der Waals surface area contributed by atoms with Gasteiger partial charge in [-0.1, -0.05) is 13.0 Å². The van der Waals surface area contributed by atoms with E-state index < -0.39 is 5.41 Å². The lowest BCUT2D eigenvalue weighted by molar-refractivity contribution is -0.118.